The maximum Gasteiger partial charge on any atom is 0.410 e. The maximum absolute atomic E-state index is 12.8. The second kappa shape index (κ2) is 9.75. The molecule has 1 atom stereocenters. The van der Waals surface area contributed by atoms with Crippen LogP contribution in [0.1, 0.15) is 38.3 Å². The van der Waals surface area contributed by atoms with Crippen molar-refractivity contribution in [1.82, 2.24) is 9.80 Å². The minimum Gasteiger partial charge on any atom is -0.444 e. The maximum atomic E-state index is 12.8. The summed E-state index contributed by atoms with van der Waals surface area (Å²) in [4.78, 5) is 17.1. The van der Waals surface area contributed by atoms with Crippen LogP contribution in [-0.2, 0) is 11.3 Å². The molecule has 2 aromatic carbocycles. The van der Waals surface area contributed by atoms with Crippen molar-refractivity contribution in [3.63, 3.8) is 0 Å². The Morgan fingerprint density at radius 1 is 1.03 bits per heavy atom. The van der Waals surface area contributed by atoms with E-state index in [4.69, 9.17) is 4.74 Å². The highest BCUT2D eigenvalue weighted by atomic mass is 16.6. The molecule has 0 N–H and O–H groups in total. The van der Waals surface area contributed by atoms with Gasteiger partial charge in [0.05, 0.1) is 6.04 Å². The van der Waals surface area contributed by atoms with Crippen LogP contribution in [0.5, 0.6) is 0 Å². The summed E-state index contributed by atoms with van der Waals surface area (Å²) in [7, 11) is 0. The van der Waals surface area contributed by atoms with Gasteiger partial charge in [0.25, 0.3) is 0 Å². The fourth-order valence-corrected chi connectivity index (χ4v) is 3.59. The summed E-state index contributed by atoms with van der Waals surface area (Å²) in [6.45, 7) is 9.04. The van der Waals surface area contributed by atoms with E-state index in [9.17, 15) is 4.79 Å². The molecule has 3 rings (SSSR count). The molecule has 4 heteroatoms. The monoisotopic (exact) mass is 392 g/mol. The van der Waals surface area contributed by atoms with Crippen molar-refractivity contribution in [2.45, 2.75) is 45.4 Å². The van der Waals surface area contributed by atoms with Crippen LogP contribution in [0.4, 0.5) is 4.79 Å². The van der Waals surface area contributed by atoms with Crippen LogP contribution in [0.15, 0.2) is 66.7 Å². The lowest BCUT2D eigenvalue weighted by molar-refractivity contribution is -0.00190. The number of rotatable bonds is 5. The van der Waals surface area contributed by atoms with E-state index in [1.54, 1.807) is 0 Å². The van der Waals surface area contributed by atoms with Crippen LogP contribution in [0.25, 0.3) is 6.08 Å². The molecular formula is C25H32N2O2. The smallest absolute Gasteiger partial charge is 0.410 e. The first-order chi connectivity index (χ1) is 13.9. The Kier molecular flexibility index (Phi) is 7.10. The van der Waals surface area contributed by atoms with Gasteiger partial charge in [-0.3, -0.25) is 4.90 Å². The van der Waals surface area contributed by atoms with Crippen molar-refractivity contribution in [2.24, 2.45) is 0 Å². The third-order valence-electron chi connectivity index (χ3n) is 4.96. The molecule has 29 heavy (non-hydrogen) atoms. The van der Waals surface area contributed by atoms with Gasteiger partial charge in [-0.15, -0.1) is 0 Å². The summed E-state index contributed by atoms with van der Waals surface area (Å²) < 4.78 is 5.67. The molecule has 0 radical (unpaired) electrons. The second-order valence-electron chi connectivity index (χ2n) is 8.60. The van der Waals surface area contributed by atoms with Crippen LogP contribution in [0, 0.1) is 0 Å². The fraction of sp³-hybridized carbons (Fsp3) is 0.400. The summed E-state index contributed by atoms with van der Waals surface area (Å²) in [6, 6.07) is 20.9. The lowest BCUT2D eigenvalue weighted by atomic mass is 10.1. The second-order valence-corrected chi connectivity index (χ2v) is 8.60. The predicted molar refractivity (Wildman–Crippen MR) is 119 cm³/mol. The average Bonchev–Trinajstić information content (AvgIpc) is 2.68. The van der Waals surface area contributed by atoms with Gasteiger partial charge < -0.3 is 9.64 Å². The number of benzene rings is 2. The summed E-state index contributed by atoms with van der Waals surface area (Å²) in [6.07, 6.45) is 4.89. The summed E-state index contributed by atoms with van der Waals surface area (Å²) in [5, 5.41) is 0. The first-order valence-corrected chi connectivity index (χ1v) is 10.4. The highest BCUT2D eigenvalue weighted by Crippen LogP contribution is 2.20. The number of ether oxygens (including phenoxy) is 1. The van der Waals surface area contributed by atoms with E-state index in [-0.39, 0.29) is 12.1 Å². The average molecular weight is 393 g/mol. The van der Waals surface area contributed by atoms with Crippen molar-refractivity contribution in [2.75, 3.05) is 19.6 Å². The third-order valence-corrected chi connectivity index (χ3v) is 4.96. The molecule has 1 heterocycles. The zero-order chi connectivity index (χ0) is 20.7. The summed E-state index contributed by atoms with van der Waals surface area (Å²) in [5.74, 6) is 0. The molecule has 1 amide bonds. The molecule has 2 aromatic rings. The van der Waals surface area contributed by atoms with Crippen LogP contribution < -0.4 is 0 Å². The zero-order valence-electron chi connectivity index (χ0n) is 17.8. The molecule has 1 aliphatic heterocycles. The molecular weight excluding hydrogens is 360 g/mol. The quantitative estimate of drug-likeness (QED) is 0.700. The Balaban J connectivity index is 1.68. The van der Waals surface area contributed by atoms with E-state index in [0.29, 0.717) is 6.54 Å². The van der Waals surface area contributed by atoms with Gasteiger partial charge >= 0.3 is 6.09 Å². The SMILES string of the molecule is CC(C)(C)OC(=O)N1CCN(Cc2ccccc2)C[C@@H]1C/C=C/c1ccccc1. The van der Waals surface area contributed by atoms with Gasteiger partial charge in [0, 0.05) is 26.2 Å². The van der Waals surface area contributed by atoms with Crippen LogP contribution in [0.2, 0.25) is 0 Å². The van der Waals surface area contributed by atoms with Crippen LogP contribution >= 0.6 is 0 Å². The van der Waals surface area contributed by atoms with Gasteiger partial charge in [0.2, 0.25) is 0 Å². The molecule has 154 valence electrons. The Labute approximate surface area is 174 Å². The first-order valence-electron chi connectivity index (χ1n) is 10.4. The summed E-state index contributed by atoms with van der Waals surface area (Å²) >= 11 is 0. The molecule has 1 fully saturated rings. The highest BCUT2D eigenvalue weighted by molar-refractivity contribution is 5.69. The molecule has 0 unspecified atom stereocenters. The minimum atomic E-state index is -0.483. The van der Waals surface area contributed by atoms with Gasteiger partial charge in [0.15, 0.2) is 0 Å². The van der Waals surface area contributed by atoms with Gasteiger partial charge in [-0.25, -0.2) is 4.79 Å². The molecule has 0 bridgehead atoms. The Morgan fingerprint density at radius 3 is 2.34 bits per heavy atom. The first kappa shape index (κ1) is 21.1. The van der Waals surface area contributed by atoms with Crippen molar-refractivity contribution >= 4 is 12.2 Å². The van der Waals surface area contributed by atoms with Crippen LogP contribution in [-0.4, -0.2) is 47.2 Å². The largest absolute Gasteiger partial charge is 0.444 e. The van der Waals surface area contributed by atoms with E-state index in [1.807, 2.05) is 49.9 Å². The van der Waals surface area contributed by atoms with Gasteiger partial charge in [0.1, 0.15) is 5.60 Å². The van der Waals surface area contributed by atoms with E-state index in [1.165, 1.54) is 11.1 Å². The minimum absolute atomic E-state index is 0.0993. The van der Waals surface area contributed by atoms with Gasteiger partial charge in [-0.2, -0.15) is 0 Å². The van der Waals surface area contributed by atoms with Gasteiger partial charge in [-0.1, -0.05) is 72.8 Å². The Bertz CT molecular complexity index is 797. The Morgan fingerprint density at radius 2 is 1.69 bits per heavy atom. The summed E-state index contributed by atoms with van der Waals surface area (Å²) in [5.41, 5.74) is 1.99. The highest BCUT2D eigenvalue weighted by Gasteiger charge is 2.32. The molecule has 0 saturated carbocycles. The molecule has 0 aliphatic carbocycles. The number of carbonyl (C=O) groups is 1. The topological polar surface area (TPSA) is 32.8 Å². The standard InChI is InChI=1S/C25H32N2O2/c1-25(2,3)29-24(28)27-18-17-26(19-22-13-8-5-9-14-22)20-23(27)16-10-15-21-11-6-4-7-12-21/h4-15,23H,16-20H2,1-3H3/b15-10+/t23-/m0/s1. The molecule has 1 aliphatic rings. The lowest BCUT2D eigenvalue weighted by Crippen LogP contribution is -2.55. The van der Waals surface area contributed by atoms with E-state index in [0.717, 1.165) is 26.1 Å². The lowest BCUT2D eigenvalue weighted by Gasteiger charge is -2.41. The van der Waals surface area contributed by atoms with Crippen molar-refractivity contribution < 1.29 is 9.53 Å². The molecule has 4 nitrogen and oxygen atoms in total. The Hall–Kier alpha value is -2.59. The van der Waals surface area contributed by atoms with Crippen molar-refractivity contribution in [3.8, 4) is 0 Å². The van der Waals surface area contributed by atoms with Crippen LogP contribution in [0.3, 0.4) is 0 Å². The predicted octanol–water partition coefficient (Wildman–Crippen LogP) is 5.21. The third kappa shape index (κ3) is 6.75. The zero-order valence-corrected chi connectivity index (χ0v) is 17.8. The molecule has 1 saturated heterocycles. The fourth-order valence-electron chi connectivity index (χ4n) is 3.59. The van der Waals surface area contributed by atoms with E-state index < -0.39 is 5.60 Å². The van der Waals surface area contributed by atoms with E-state index >= 15 is 0 Å². The number of hydrogen-bond donors (Lipinski definition) is 0. The number of nitrogens with zero attached hydrogens (tertiary/aromatic N) is 2. The van der Waals surface area contributed by atoms with Gasteiger partial charge in [-0.05, 0) is 38.3 Å². The number of amides is 1. The number of carbonyl (C=O) groups excluding carboxylic acids is 1. The number of piperazine rings is 1. The van der Waals surface area contributed by atoms with Crippen molar-refractivity contribution in [3.05, 3.63) is 77.9 Å². The number of hydrogen-bond acceptors (Lipinski definition) is 3. The van der Waals surface area contributed by atoms with E-state index in [2.05, 4.69) is 53.5 Å². The van der Waals surface area contributed by atoms with Crippen molar-refractivity contribution in [1.29, 1.82) is 0 Å². The molecule has 0 spiro atoms. The normalized spacial score (nSPS) is 18.2. The molecule has 0 aromatic heterocycles.